The summed E-state index contributed by atoms with van der Waals surface area (Å²) < 4.78 is 47.4. The van der Waals surface area contributed by atoms with Crippen LogP contribution in [0, 0.1) is 18.8 Å². The van der Waals surface area contributed by atoms with Crippen LogP contribution in [0.3, 0.4) is 0 Å². The number of guanidine groups is 4. The van der Waals surface area contributed by atoms with Gasteiger partial charge in [-0.25, -0.2) is 0 Å². The SMILES string of the molecule is CCN1C(=CC=CC=CC2=[N+](CCCCCC(=O)NCCN3C(=O)CC(SC[C@@H](NC(=O)CCOCCOC)C(=O)C[C@H](CCCN=C(N)N)C(=O)N[C@H](CCCN=C(N)N)C(=O)C[C@H](CCCN=C(N)N)C(=O)N[C@H](CCCN=C(N)N)C(C)=O)C3=O)c3ccc(S(=O)(=O)O)cc3C2(C)C)C(C)(C)c2cc(C)ccc21. The van der Waals surface area contributed by atoms with Gasteiger partial charge in [0.1, 0.15) is 6.54 Å². The fourth-order valence-corrected chi connectivity index (χ4v) is 15.3. The van der Waals surface area contributed by atoms with E-state index in [1.54, 1.807) is 6.07 Å². The van der Waals surface area contributed by atoms with Gasteiger partial charge in [0.15, 0.2) is 46.9 Å². The summed E-state index contributed by atoms with van der Waals surface area (Å²) in [5, 5.41) is 10.1. The van der Waals surface area contributed by atoms with E-state index >= 15 is 0 Å². The molecule has 1 unspecified atom stereocenters. The molecule has 1 fully saturated rings. The van der Waals surface area contributed by atoms with Crippen molar-refractivity contribution in [3.8, 4) is 0 Å². The summed E-state index contributed by atoms with van der Waals surface area (Å²) in [6, 6.07) is 7.60. The number of nitrogens with zero attached hydrogens (tertiary/aromatic N) is 7. The average Bonchev–Trinajstić information content (AvgIpc) is 1.60. The van der Waals surface area contributed by atoms with Crippen molar-refractivity contribution in [1.29, 1.82) is 0 Å². The Kier molecular flexibility index (Phi) is 37.4. The lowest BCUT2D eigenvalue weighted by atomic mass is 9.81. The molecule has 0 aromatic heterocycles. The maximum atomic E-state index is 14.8. The predicted molar refractivity (Wildman–Crippen MR) is 431 cm³/mol. The number of nitrogens with two attached hydrogens (primary N) is 8. The summed E-state index contributed by atoms with van der Waals surface area (Å²) >= 11 is 0.963. The van der Waals surface area contributed by atoms with Crippen LogP contribution in [0.2, 0.25) is 0 Å². The summed E-state index contributed by atoms with van der Waals surface area (Å²) in [5.74, 6) is -8.17. The number of anilines is 1. The highest BCUT2D eigenvalue weighted by Crippen LogP contribution is 2.48. The Balaban J connectivity index is 1.26. The van der Waals surface area contributed by atoms with Gasteiger partial charge in [-0.15, -0.1) is 11.8 Å². The third-order valence-corrected chi connectivity index (χ3v) is 21.7. The summed E-state index contributed by atoms with van der Waals surface area (Å²) in [6.07, 6.45) is 11.8. The number of nitrogens with one attached hydrogen (secondary N) is 4. The molecule has 2 aromatic rings. The number of hydrogen-bond acceptors (Lipinski definition) is 19. The second-order valence-corrected chi connectivity index (χ2v) is 31.5. The zero-order valence-corrected chi connectivity index (χ0v) is 67.1. The van der Waals surface area contributed by atoms with E-state index < -0.39 is 105 Å². The van der Waals surface area contributed by atoms with Gasteiger partial charge < -0.3 is 81.5 Å². The van der Waals surface area contributed by atoms with E-state index in [1.165, 1.54) is 48.7 Å². The number of allylic oxidation sites excluding steroid dienone is 6. The van der Waals surface area contributed by atoms with Crippen molar-refractivity contribution < 1.29 is 70.2 Å². The molecule has 3 aliphatic rings. The monoisotopic (exact) mass is 1580 g/mol. The van der Waals surface area contributed by atoms with Crippen LogP contribution in [0.1, 0.15) is 161 Å². The summed E-state index contributed by atoms with van der Waals surface area (Å²) in [6.45, 7) is 15.9. The predicted octanol–water partition coefficient (Wildman–Crippen LogP) is 2.43. The van der Waals surface area contributed by atoms with E-state index in [-0.39, 0.29) is 175 Å². The minimum absolute atomic E-state index is 0.0135. The number of hydrogen-bond donors (Lipinski definition) is 13. The van der Waals surface area contributed by atoms with E-state index in [9.17, 15) is 56.1 Å². The topological polar surface area (TPSA) is 542 Å². The van der Waals surface area contributed by atoms with Gasteiger partial charge in [0.05, 0.1) is 53.5 Å². The first-order valence-corrected chi connectivity index (χ1v) is 40.2. The third kappa shape index (κ3) is 29.2. The molecule has 5 rings (SSSR count). The summed E-state index contributed by atoms with van der Waals surface area (Å²) in [5.41, 5.74) is 51.0. The van der Waals surface area contributed by atoms with Crippen molar-refractivity contribution in [2.45, 2.75) is 190 Å². The molecular formula is C76H118N19O14S2+. The Morgan fingerprint density at radius 1 is 0.667 bits per heavy atom. The van der Waals surface area contributed by atoms with Crippen LogP contribution in [-0.2, 0) is 73.6 Å². The number of carbonyl (C=O) groups is 9. The van der Waals surface area contributed by atoms with Crippen molar-refractivity contribution in [3.63, 3.8) is 0 Å². The van der Waals surface area contributed by atoms with Crippen molar-refractivity contribution in [2.75, 3.05) is 89.9 Å². The molecule has 1 saturated heterocycles. The van der Waals surface area contributed by atoms with E-state index in [1.807, 2.05) is 38.2 Å². The number of ketones is 3. The fraction of sp³-hybridized carbons (Fsp3) is 0.579. The number of rotatable bonds is 51. The third-order valence-electron chi connectivity index (χ3n) is 19.5. The highest BCUT2D eigenvalue weighted by atomic mass is 32.2. The first-order valence-electron chi connectivity index (χ1n) is 37.7. The Hall–Kier alpha value is -9.58. The van der Waals surface area contributed by atoms with Crippen LogP contribution in [0.15, 0.2) is 97.3 Å². The van der Waals surface area contributed by atoms with Gasteiger partial charge in [-0.2, -0.15) is 13.0 Å². The molecule has 6 amide bonds. The summed E-state index contributed by atoms with van der Waals surface area (Å²) in [7, 11) is -3.01. The number of thioether (sulfide) groups is 1. The zero-order valence-electron chi connectivity index (χ0n) is 65.4. The molecule has 0 aliphatic carbocycles. The van der Waals surface area contributed by atoms with Crippen LogP contribution in [-0.4, -0.2) is 213 Å². The number of unbranched alkanes of at least 4 members (excludes halogenated alkanes) is 2. The van der Waals surface area contributed by atoms with E-state index in [4.69, 9.17) is 55.3 Å². The number of fused-ring (bicyclic) bond motifs is 2. The van der Waals surface area contributed by atoms with E-state index in [0.717, 1.165) is 40.2 Å². The minimum Gasteiger partial charge on any atom is -0.382 e. The maximum Gasteiger partial charge on any atom is 0.294 e. The molecule has 0 bridgehead atoms. The number of aryl methyl sites for hydroxylation is 1. The fourth-order valence-electron chi connectivity index (χ4n) is 13.6. The molecular weight excluding hydrogens is 1470 g/mol. The summed E-state index contributed by atoms with van der Waals surface area (Å²) in [4.78, 5) is 145. The smallest absolute Gasteiger partial charge is 0.294 e. The highest BCUT2D eigenvalue weighted by Gasteiger charge is 2.46. The van der Waals surface area contributed by atoms with Gasteiger partial charge in [0.2, 0.25) is 41.1 Å². The van der Waals surface area contributed by atoms with Crippen LogP contribution in [0.4, 0.5) is 11.4 Å². The maximum absolute atomic E-state index is 14.8. The lowest BCUT2D eigenvalue weighted by Gasteiger charge is -2.26. The van der Waals surface area contributed by atoms with Gasteiger partial charge in [-0.05, 0) is 129 Å². The van der Waals surface area contributed by atoms with Crippen molar-refractivity contribution in [2.24, 2.45) is 77.7 Å². The lowest BCUT2D eigenvalue weighted by Crippen LogP contribution is -2.48. The Morgan fingerprint density at radius 2 is 1.24 bits per heavy atom. The molecule has 0 radical (unpaired) electrons. The van der Waals surface area contributed by atoms with Crippen molar-refractivity contribution in [3.05, 3.63) is 89.2 Å². The molecule has 3 aliphatic heterocycles. The molecule has 612 valence electrons. The van der Waals surface area contributed by atoms with Crippen LogP contribution < -0.4 is 72.0 Å². The second-order valence-electron chi connectivity index (χ2n) is 28.8. The Morgan fingerprint density at radius 3 is 1.81 bits per heavy atom. The zero-order chi connectivity index (χ0) is 82.2. The Bertz CT molecular complexity index is 3970. The molecule has 6 atom stereocenters. The number of ether oxygens (including phenoxy) is 2. The number of methoxy groups -OCH3 is 1. The number of likely N-dealkylation sites (tertiary alicyclic amines) is 1. The number of Topliss-reactive ketones (excluding diaryl/α,β-unsaturated/α-hetero) is 3. The number of imide groups is 1. The molecule has 111 heavy (non-hydrogen) atoms. The Labute approximate surface area is 655 Å². The van der Waals surface area contributed by atoms with Crippen molar-refractivity contribution >= 4 is 116 Å². The molecule has 2 aromatic carbocycles. The van der Waals surface area contributed by atoms with Gasteiger partial charge >= 0.3 is 0 Å². The highest BCUT2D eigenvalue weighted by molar-refractivity contribution is 8.00. The minimum atomic E-state index is -4.50. The van der Waals surface area contributed by atoms with Gasteiger partial charge in [0, 0.05) is 144 Å². The number of carbonyl (C=O) groups excluding carboxylic acids is 9. The molecule has 35 heteroatoms. The van der Waals surface area contributed by atoms with E-state index in [2.05, 4.69) is 103 Å². The lowest BCUT2D eigenvalue weighted by molar-refractivity contribution is -0.438. The van der Waals surface area contributed by atoms with Crippen LogP contribution in [0.25, 0.3) is 0 Å². The van der Waals surface area contributed by atoms with Crippen LogP contribution >= 0.6 is 11.8 Å². The molecule has 3 heterocycles. The second kappa shape index (κ2) is 45.1. The van der Waals surface area contributed by atoms with Gasteiger partial charge in [-0.3, -0.25) is 72.6 Å². The molecule has 0 spiro atoms. The average molecular weight is 1590 g/mol. The molecule has 21 N–H and O–H groups in total. The van der Waals surface area contributed by atoms with Gasteiger partial charge in [-0.1, -0.05) is 49.8 Å². The molecule has 33 nitrogen and oxygen atoms in total. The van der Waals surface area contributed by atoms with Crippen LogP contribution in [0.5, 0.6) is 0 Å². The normalized spacial score (nSPS) is 16.7. The number of benzene rings is 2. The largest absolute Gasteiger partial charge is 0.382 e. The first-order chi connectivity index (χ1) is 52.5. The van der Waals surface area contributed by atoms with Crippen molar-refractivity contribution in [1.82, 2.24) is 26.2 Å². The van der Waals surface area contributed by atoms with Gasteiger partial charge in [0.25, 0.3) is 10.1 Å². The first kappa shape index (κ1) is 92.0. The number of likely N-dealkylation sites (N-methyl/N-ethyl adjacent to an activating group) is 1. The standard InChI is InChI=1S/C76H117N19O14S2/c1-9-93-58-29-27-48(2)42-53(58)75(4,5)63(93)24-12-10-13-25-64-76(6,7)54-45-52(111(105,106)107)28-30-59(54)94(64)37-15-11-14-26-65(99)85-36-38-95-67(101)46-62(70(95)104)110-47-57(90-66(100)31-39-109-41-40-108-8)61(98)44-51(21-17-33-87-72(79)80)69(103)92-56(23-19-35-89-74(83)84)60(97)43-50(20-16-32-86-71(77)78)68(102)91-55(49(3)96)22-18-34-88-73(81)82/h10,12-13,24-25,27-30,42,45,50-51,55-57,62H,9,11,14-23,26,31-41,43-44,46-47H2,1-8H3,(H20-,77,78,79,80,81,82,83,84,85,86,87,88,89,90,91,92,99,100,102,103,105,106,107)/p+1/t50-,51-,55+,56+,57+,62?/m0/s1. The molecule has 0 saturated carbocycles. The quantitative estimate of drug-likeness (QED) is 0.00860. The van der Waals surface area contributed by atoms with E-state index in [0.29, 0.717) is 32.2 Å². The number of amides is 6. The number of aliphatic imine (C=N–C) groups is 4.